The first-order valence-corrected chi connectivity index (χ1v) is 6.15. The van der Waals surface area contributed by atoms with Crippen LogP contribution in [0.2, 0.25) is 0 Å². The SMILES string of the molecule is CNCc1cc(-c2cc(C)cc(C)c2)ns1. The molecule has 1 aromatic carbocycles. The van der Waals surface area contributed by atoms with Gasteiger partial charge in [0, 0.05) is 17.0 Å². The van der Waals surface area contributed by atoms with E-state index in [4.69, 9.17) is 0 Å². The van der Waals surface area contributed by atoms with Crippen molar-refractivity contribution in [3.05, 3.63) is 40.3 Å². The van der Waals surface area contributed by atoms with E-state index >= 15 is 0 Å². The lowest BCUT2D eigenvalue weighted by Crippen LogP contribution is -2.02. The van der Waals surface area contributed by atoms with Crippen LogP contribution in [-0.2, 0) is 6.54 Å². The van der Waals surface area contributed by atoms with E-state index in [2.05, 4.69) is 47.8 Å². The van der Waals surface area contributed by atoms with Crippen LogP contribution < -0.4 is 5.32 Å². The van der Waals surface area contributed by atoms with Crippen LogP contribution in [0, 0.1) is 13.8 Å². The molecule has 1 N–H and O–H groups in total. The van der Waals surface area contributed by atoms with Crippen LogP contribution in [-0.4, -0.2) is 11.4 Å². The zero-order chi connectivity index (χ0) is 11.5. The predicted octanol–water partition coefficient (Wildman–Crippen LogP) is 3.15. The van der Waals surface area contributed by atoms with Crippen LogP contribution in [0.3, 0.4) is 0 Å². The Morgan fingerprint density at radius 1 is 1.12 bits per heavy atom. The van der Waals surface area contributed by atoms with E-state index in [1.165, 1.54) is 21.6 Å². The Morgan fingerprint density at radius 2 is 1.81 bits per heavy atom. The summed E-state index contributed by atoms with van der Waals surface area (Å²) in [7, 11) is 1.95. The molecule has 2 nitrogen and oxygen atoms in total. The van der Waals surface area contributed by atoms with Crippen molar-refractivity contribution in [1.29, 1.82) is 0 Å². The summed E-state index contributed by atoms with van der Waals surface area (Å²) in [5, 5.41) is 3.14. The fourth-order valence-electron chi connectivity index (χ4n) is 1.83. The van der Waals surface area contributed by atoms with Crippen LogP contribution in [0.25, 0.3) is 11.3 Å². The Balaban J connectivity index is 2.34. The first-order chi connectivity index (χ1) is 7.69. The molecule has 2 rings (SSSR count). The van der Waals surface area contributed by atoms with Gasteiger partial charge < -0.3 is 5.32 Å². The second kappa shape index (κ2) is 4.76. The molecule has 0 radical (unpaired) electrons. The molecule has 2 aromatic rings. The molecule has 0 saturated carbocycles. The Kier molecular flexibility index (Phi) is 3.36. The molecular formula is C13H16N2S. The molecular weight excluding hydrogens is 216 g/mol. The molecule has 0 unspecified atom stereocenters. The van der Waals surface area contributed by atoms with E-state index in [-0.39, 0.29) is 0 Å². The summed E-state index contributed by atoms with van der Waals surface area (Å²) in [6.45, 7) is 5.14. The van der Waals surface area contributed by atoms with E-state index in [1.54, 1.807) is 11.5 Å². The molecule has 1 aromatic heterocycles. The van der Waals surface area contributed by atoms with E-state index in [9.17, 15) is 0 Å². The topological polar surface area (TPSA) is 24.9 Å². The second-order valence-corrected chi connectivity index (χ2v) is 4.97. The Hall–Kier alpha value is -1.19. The van der Waals surface area contributed by atoms with Gasteiger partial charge in [0.1, 0.15) is 0 Å². The predicted molar refractivity (Wildman–Crippen MR) is 69.8 cm³/mol. The molecule has 84 valence electrons. The van der Waals surface area contributed by atoms with Gasteiger partial charge in [-0.05, 0) is 50.6 Å². The fraction of sp³-hybridized carbons (Fsp3) is 0.308. The highest BCUT2D eigenvalue weighted by molar-refractivity contribution is 7.06. The van der Waals surface area contributed by atoms with Crippen molar-refractivity contribution in [2.45, 2.75) is 20.4 Å². The average molecular weight is 232 g/mol. The van der Waals surface area contributed by atoms with Crippen molar-refractivity contribution in [2.24, 2.45) is 0 Å². The monoisotopic (exact) mass is 232 g/mol. The summed E-state index contributed by atoms with van der Waals surface area (Å²) < 4.78 is 4.49. The van der Waals surface area contributed by atoms with Gasteiger partial charge in [-0.15, -0.1) is 0 Å². The third kappa shape index (κ3) is 2.49. The Bertz CT molecular complexity index is 468. The molecule has 0 atom stereocenters. The van der Waals surface area contributed by atoms with Crippen molar-refractivity contribution in [2.75, 3.05) is 7.05 Å². The van der Waals surface area contributed by atoms with Crippen LogP contribution in [0.5, 0.6) is 0 Å². The summed E-state index contributed by atoms with van der Waals surface area (Å²) >= 11 is 1.57. The number of hydrogen-bond donors (Lipinski definition) is 1. The maximum Gasteiger partial charge on any atom is 0.0844 e. The standard InChI is InChI=1S/C13H16N2S/c1-9-4-10(2)6-11(5-9)13-7-12(8-14-3)16-15-13/h4-7,14H,8H2,1-3H3. The zero-order valence-corrected chi connectivity index (χ0v) is 10.7. The highest BCUT2D eigenvalue weighted by Gasteiger charge is 2.04. The molecule has 0 spiro atoms. The van der Waals surface area contributed by atoms with Crippen molar-refractivity contribution < 1.29 is 0 Å². The third-order valence-corrected chi connectivity index (χ3v) is 3.21. The van der Waals surface area contributed by atoms with Gasteiger partial charge in [-0.25, -0.2) is 0 Å². The van der Waals surface area contributed by atoms with Gasteiger partial charge in [-0.3, -0.25) is 0 Å². The van der Waals surface area contributed by atoms with Crippen LogP contribution in [0.1, 0.15) is 16.0 Å². The molecule has 16 heavy (non-hydrogen) atoms. The van der Waals surface area contributed by atoms with Gasteiger partial charge in [0.2, 0.25) is 0 Å². The molecule has 0 fully saturated rings. The average Bonchev–Trinajstić information content (AvgIpc) is 2.65. The van der Waals surface area contributed by atoms with Crippen molar-refractivity contribution in [1.82, 2.24) is 9.69 Å². The number of nitrogens with one attached hydrogen (secondary N) is 1. The lowest BCUT2D eigenvalue weighted by atomic mass is 10.1. The molecule has 0 bridgehead atoms. The quantitative estimate of drug-likeness (QED) is 0.879. The molecule has 1 heterocycles. The number of nitrogens with zero attached hydrogens (tertiary/aromatic N) is 1. The van der Waals surface area contributed by atoms with Crippen molar-refractivity contribution in [3.8, 4) is 11.3 Å². The molecule has 0 amide bonds. The molecule has 0 saturated heterocycles. The highest BCUT2D eigenvalue weighted by Crippen LogP contribution is 2.24. The van der Waals surface area contributed by atoms with Gasteiger partial charge in [-0.1, -0.05) is 17.2 Å². The molecule has 0 aliphatic heterocycles. The second-order valence-electron chi connectivity index (χ2n) is 4.09. The Morgan fingerprint density at radius 3 is 2.44 bits per heavy atom. The minimum Gasteiger partial charge on any atom is -0.315 e. The minimum absolute atomic E-state index is 0.891. The van der Waals surface area contributed by atoms with Crippen molar-refractivity contribution in [3.63, 3.8) is 0 Å². The summed E-state index contributed by atoms with van der Waals surface area (Å²) in [6.07, 6.45) is 0. The van der Waals surface area contributed by atoms with Crippen LogP contribution in [0.15, 0.2) is 24.3 Å². The van der Waals surface area contributed by atoms with E-state index < -0.39 is 0 Å². The first kappa shape index (κ1) is 11.3. The Labute approximate surface area is 100 Å². The molecule has 3 heteroatoms. The lowest BCUT2D eigenvalue weighted by molar-refractivity contribution is 0.831. The normalized spacial score (nSPS) is 10.7. The number of rotatable bonds is 3. The van der Waals surface area contributed by atoms with Gasteiger partial charge in [0.05, 0.1) is 5.69 Å². The molecule has 0 aliphatic rings. The maximum atomic E-state index is 4.49. The zero-order valence-electron chi connectivity index (χ0n) is 9.87. The van der Waals surface area contributed by atoms with Gasteiger partial charge in [-0.2, -0.15) is 4.37 Å². The summed E-state index contributed by atoms with van der Waals surface area (Å²) in [4.78, 5) is 1.27. The minimum atomic E-state index is 0.891. The van der Waals surface area contributed by atoms with Gasteiger partial charge in [0.25, 0.3) is 0 Å². The van der Waals surface area contributed by atoms with Gasteiger partial charge >= 0.3 is 0 Å². The van der Waals surface area contributed by atoms with E-state index in [1.807, 2.05) is 7.05 Å². The van der Waals surface area contributed by atoms with E-state index in [0.29, 0.717) is 0 Å². The third-order valence-electron chi connectivity index (χ3n) is 2.43. The highest BCUT2D eigenvalue weighted by atomic mass is 32.1. The van der Waals surface area contributed by atoms with Crippen LogP contribution in [0.4, 0.5) is 0 Å². The number of aromatic nitrogens is 1. The van der Waals surface area contributed by atoms with Gasteiger partial charge in [0.15, 0.2) is 0 Å². The maximum absolute atomic E-state index is 4.49. The first-order valence-electron chi connectivity index (χ1n) is 5.38. The number of aryl methyl sites for hydroxylation is 2. The number of hydrogen-bond acceptors (Lipinski definition) is 3. The van der Waals surface area contributed by atoms with E-state index in [0.717, 1.165) is 12.2 Å². The summed E-state index contributed by atoms with van der Waals surface area (Å²) in [5.74, 6) is 0. The summed E-state index contributed by atoms with van der Waals surface area (Å²) in [5.41, 5.74) is 4.88. The largest absolute Gasteiger partial charge is 0.315 e. The van der Waals surface area contributed by atoms with Crippen LogP contribution >= 0.6 is 11.5 Å². The fourth-order valence-corrected chi connectivity index (χ4v) is 2.58. The number of benzene rings is 1. The van der Waals surface area contributed by atoms with Crippen molar-refractivity contribution >= 4 is 11.5 Å². The lowest BCUT2D eigenvalue weighted by Gasteiger charge is -2.01. The molecule has 0 aliphatic carbocycles. The smallest absolute Gasteiger partial charge is 0.0844 e. The summed E-state index contributed by atoms with van der Waals surface area (Å²) in [6, 6.07) is 8.72.